The Hall–Kier alpha value is -2.76. The predicted molar refractivity (Wildman–Crippen MR) is 82.7 cm³/mol. The van der Waals surface area contributed by atoms with Crippen molar-refractivity contribution in [3.63, 3.8) is 0 Å². The van der Waals surface area contributed by atoms with Gasteiger partial charge in [0.25, 0.3) is 6.47 Å². The first-order valence-electron chi connectivity index (χ1n) is 7.04. The summed E-state index contributed by atoms with van der Waals surface area (Å²) < 4.78 is 46.0. The summed E-state index contributed by atoms with van der Waals surface area (Å²) in [6.07, 6.45) is -2.50. The molecule has 0 radical (unpaired) electrons. The predicted octanol–water partition coefficient (Wildman–Crippen LogP) is 4.96. The lowest BCUT2D eigenvalue weighted by atomic mass is 9.78. The number of rotatable bonds is 6. The quantitative estimate of drug-likeness (QED) is 0.552. The van der Waals surface area contributed by atoms with Crippen LogP contribution in [0.25, 0.3) is 0 Å². The van der Waals surface area contributed by atoms with E-state index in [-0.39, 0.29) is 5.75 Å². The molecule has 3 nitrogen and oxygen atoms in total. The van der Waals surface area contributed by atoms with Crippen molar-refractivity contribution in [1.29, 1.82) is 0 Å². The third kappa shape index (κ3) is 3.95. The lowest BCUT2D eigenvalue weighted by Gasteiger charge is -2.26. The van der Waals surface area contributed by atoms with E-state index in [4.69, 9.17) is 4.74 Å². The minimum Gasteiger partial charge on any atom is -0.429 e. The van der Waals surface area contributed by atoms with Crippen molar-refractivity contribution in [2.75, 3.05) is 0 Å². The van der Waals surface area contributed by atoms with E-state index in [2.05, 4.69) is 4.74 Å². The van der Waals surface area contributed by atoms with Gasteiger partial charge in [0.2, 0.25) is 0 Å². The van der Waals surface area contributed by atoms with Crippen molar-refractivity contribution in [2.24, 2.45) is 0 Å². The number of hydrogen-bond acceptors (Lipinski definition) is 3. The molecule has 0 fully saturated rings. The summed E-state index contributed by atoms with van der Waals surface area (Å²) in [6.45, 7) is 4.30. The summed E-state index contributed by atoms with van der Waals surface area (Å²) in [5.41, 5.74) is 1.43. The van der Waals surface area contributed by atoms with Crippen LogP contribution in [-0.4, -0.2) is 6.47 Å². The topological polar surface area (TPSA) is 35.5 Å². The molecule has 2 aromatic rings. The van der Waals surface area contributed by atoms with Gasteiger partial charge in [0.05, 0.1) is 0 Å². The van der Waals surface area contributed by atoms with Crippen LogP contribution in [0.4, 0.5) is 13.2 Å². The van der Waals surface area contributed by atoms with E-state index in [0.29, 0.717) is 12.2 Å². The minimum atomic E-state index is -2.50. The smallest absolute Gasteiger partial charge is 0.344 e. The fraction of sp³-hybridized carbons (Fsp3) is 0.167. The van der Waals surface area contributed by atoms with E-state index in [0.717, 1.165) is 11.1 Å². The molecule has 0 aromatic heterocycles. The summed E-state index contributed by atoms with van der Waals surface area (Å²) >= 11 is 0. The zero-order valence-corrected chi connectivity index (χ0v) is 13.1. The molecule has 0 atom stereocenters. The Morgan fingerprint density at radius 2 is 1.33 bits per heavy atom. The Labute approximate surface area is 137 Å². The first-order chi connectivity index (χ1) is 11.3. The van der Waals surface area contributed by atoms with Gasteiger partial charge in [-0.3, -0.25) is 4.79 Å². The lowest BCUT2D eigenvalue weighted by Crippen LogP contribution is -2.18. The highest BCUT2D eigenvalue weighted by Crippen LogP contribution is 2.33. The number of hydrogen-bond donors (Lipinski definition) is 0. The summed E-state index contributed by atoms with van der Waals surface area (Å²) in [5, 5.41) is 0. The molecular weight excluding hydrogens is 321 g/mol. The molecule has 0 amide bonds. The Morgan fingerprint density at radius 1 is 0.875 bits per heavy atom. The van der Waals surface area contributed by atoms with E-state index < -0.39 is 17.5 Å². The number of ether oxygens (including phenoxy) is 2. The van der Waals surface area contributed by atoms with Crippen molar-refractivity contribution < 1.29 is 27.4 Å². The number of benzene rings is 2. The van der Waals surface area contributed by atoms with Crippen LogP contribution in [0.5, 0.6) is 11.5 Å². The van der Waals surface area contributed by atoms with Crippen LogP contribution >= 0.6 is 0 Å². The van der Waals surface area contributed by atoms with Gasteiger partial charge in [-0.05, 0) is 35.4 Å². The Morgan fingerprint density at radius 3 is 1.75 bits per heavy atom. The van der Waals surface area contributed by atoms with E-state index in [1.165, 1.54) is 12.1 Å². The number of carbonyl (C=O) groups is 1. The first kappa shape index (κ1) is 17.6. The fourth-order valence-corrected chi connectivity index (χ4v) is 2.25. The van der Waals surface area contributed by atoms with Gasteiger partial charge in [-0.25, -0.2) is 0 Å². The molecule has 0 aliphatic carbocycles. The Bertz CT molecular complexity index is 731. The van der Waals surface area contributed by atoms with Crippen LogP contribution in [0.15, 0.2) is 60.6 Å². The molecule has 6 heteroatoms. The molecule has 24 heavy (non-hydrogen) atoms. The molecular formula is C18H15F3O3. The van der Waals surface area contributed by atoms with Crippen LogP contribution < -0.4 is 9.47 Å². The van der Waals surface area contributed by atoms with E-state index >= 15 is 0 Å². The largest absolute Gasteiger partial charge is 0.429 e. The SMILES string of the molecule is CC(C)(c1ccc(OC=O)cc1)c1ccc(OC(F)=C(F)F)cc1. The van der Waals surface area contributed by atoms with Crippen LogP contribution in [-0.2, 0) is 10.2 Å². The zero-order valence-electron chi connectivity index (χ0n) is 13.1. The highest BCUT2D eigenvalue weighted by molar-refractivity contribution is 5.47. The van der Waals surface area contributed by atoms with Gasteiger partial charge in [0.1, 0.15) is 11.5 Å². The van der Waals surface area contributed by atoms with Crippen LogP contribution in [0.1, 0.15) is 25.0 Å². The normalized spacial score (nSPS) is 10.9. The van der Waals surface area contributed by atoms with Crippen LogP contribution in [0, 0.1) is 0 Å². The fourth-order valence-electron chi connectivity index (χ4n) is 2.25. The highest BCUT2D eigenvalue weighted by atomic mass is 19.3. The van der Waals surface area contributed by atoms with Crippen molar-refractivity contribution in [2.45, 2.75) is 19.3 Å². The molecule has 0 bridgehead atoms. The third-order valence-corrected chi connectivity index (χ3v) is 3.69. The molecule has 0 unspecified atom stereocenters. The maximum absolute atomic E-state index is 12.8. The zero-order chi connectivity index (χ0) is 17.7. The molecule has 0 aliphatic rings. The molecule has 126 valence electrons. The van der Waals surface area contributed by atoms with Crippen LogP contribution in [0.2, 0.25) is 0 Å². The molecule has 2 rings (SSSR count). The van der Waals surface area contributed by atoms with Crippen molar-refractivity contribution in [1.82, 2.24) is 0 Å². The number of carbonyl (C=O) groups excluding carboxylic acids is 1. The highest BCUT2D eigenvalue weighted by Gasteiger charge is 2.23. The molecule has 0 saturated heterocycles. The average Bonchev–Trinajstić information content (AvgIpc) is 2.56. The number of halogens is 3. The third-order valence-electron chi connectivity index (χ3n) is 3.69. The molecule has 0 aliphatic heterocycles. The van der Waals surface area contributed by atoms with Gasteiger partial charge in [-0.1, -0.05) is 38.1 Å². The Kier molecular flexibility index (Phi) is 5.28. The van der Waals surface area contributed by atoms with E-state index in [9.17, 15) is 18.0 Å². The molecule has 0 N–H and O–H groups in total. The summed E-state index contributed by atoms with van der Waals surface area (Å²) in [7, 11) is 0. The molecule has 2 aromatic carbocycles. The molecule has 0 saturated carbocycles. The minimum absolute atomic E-state index is 0.0189. The second kappa shape index (κ2) is 7.21. The summed E-state index contributed by atoms with van der Waals surface area (Å²) in [5.74, 6) is 0.415. The van der Waals surface area contributed by atoms with E-state index in [1.54, 1.807) is 24.3 Å². The summed E-state index contributed by atoms with van der Waals surface area (Å²) in [4.78, 5) is 10.3. The lowest BCUT2D eigenvalue weighted by molar-refractivity contribution is -0.120. The monoisotopic (exact) mass is 336 g/mol. The standard InChI is InChI=1S/C18H15F3O3/c1-18(2,12-3-7-14(8-4-12)23-11-22)13-5-9-15(10-6-13)24-17(21)16(19)20/h3-11H,1-2H3. The summed E-state index contributed by atoms with van der Waals surface area (Å²) in [6, 6.07) is 11.3. The van der Waals surface area contributed by atoms with Gasteiger partial charge in [-0.2, -0.15) is 13.2 Å². The Balaban J connectivity index is 2.22. The van der Waals surface area contributed by atoms with E-state index in [1.807, 2.05) is 26.0 Å². The first-order valence-corrected chi connectivity index (χ1v) is 7.04. The average molecular weight is 336 g/mol. The van der Waals surface area contributed by atoms with Gasteiger partial charge in [0, 0.05) is 5.41 Å². The van der Waals surface area contributed by atoms with Gasteiger partial charge >= 0.3 is 12.1 Å². The van der Waals surface area contributed by atoms with Gasteiger partial charge < -0.3 is 9.47 Å². The van der Waals surface area contributed by atoms with Gasteiger partial charge in [-0.15, -0.1) is 0 Å². The van der Waals surface area contributed by atoms with Crippen LogP contribution in [0.3, 0.4) is 0 Å². The maximum Gasteiger partial charge on any atom is 0.344 e. The van der Waals surface area contributed by atoms with Crippen molar-refractivity contribution in [3.05, 3.63) is 71.8 Å². The maximum atomic E-state index is 12.8. The van der Waals surface area contributed by atoms with Gasteiger partial charge in [0.15, 0.2) is 0 Å². The molecule has 0 heterocycles. The second-order valence-electron chi connectivity index (χ2n) is 5.52. The molecule has 0 spiro atoms. The van der Waals surface area contributed by atoms with Crippen molar-refractivity contribution >= 4 is 6.47 Å². The second-order valence-corrected chi connectivity index (χ2v) is 5.52. The van der Waals surface area contributed by atoms with Crippen molar-refractivity contribution in [3.8, 4) is 11.5 Å².